The molecular formula is C39H39ClN6O4. The number of amides is 2. The normalized spacial score (nSPS) is 17.5. The zero-order valence-corrected chi connectivity index (χ0v) is 28.5. The topological polar surface area (TPSA) is 151 Å². The second-order valence-corrected chi connectivity index (χ2v) is 13.6. The average molecular weight is 691 g/mol. The predicted molar refractivity (Wildman–Crippen MR) is 195 cm³/mol. The summed E-state index contributed by atoms with van der Waals surface area (Å²) in [5, 5.41) is 19.0. The van der Waals surface area contributed by atoms with Gasteiger partial charge in [0, 0.05) is 60.7 Å². The summed E-state index contributed by atoms with van der Waals surface area (Å²) in [5.41, 5.74) is 15.8. The number of aliphatic hydroxyl groups excluding tert-OH is 1. The third-order valence-electron chi connectivity index (χ3n) is 9.84. The Kier molecular flexibility index (Phi) is 9.52. The van der Waals surface area contributed by atoms with Crippen molar-refractivity contribution < 1.29 is 14.7 Å². The minimum Gasteiger partial charge on any atom is -0.394 e. The molecule has 11 heteroatoms. The number of nitrogens with zero attached hydrogens (tertiary/aromatic N) is 2. The number of carbonyl (C=O) groups is 2. The van der Waals surface area contributed by atoms with Crippen molar-refractivity contribution in [3.05, 3.63) is 117 Å². The van der Waals surface area contributed by atoms with Crippen LogP contribution in [-0.2, 0) is 29.0 Å². The Morgan fingerprint density at radius 2 is 1.76 bits per heavy atom. The molecule has 0 spiro atoms. The number of hydrogen-bond acceptors (Lipinski definition) is 7. The van der Waals surface area contributed by atoms with Gasteiger partial charge in [0.05, 0.1) is 11.6 Å². The van der Waals surface area contributed by atoms with Crippen molar-refractivity contribution in [1.29, 1.82) is 0 Å². The van der Waals surface area contributed by atoms with E-state index in [9.17, 15) is 19.5 Å². The lowest BCUT2D eigenvalue weighted by Crippen LogP contribution is -2.47. The van der Waals surface area contributed by atoms with Crippen molar-refractivity contribution in [3.63, 3.8) is 0 Å². The van der Waals surface area contributed by atoms with Crippen LogP contribution in [0.4, 0.5) is 0 Å². The number of nitrogens with one attached hydrogen (secondary N) is 3. The SMILES string of the molecule is Cc1c(-c2ccn3c(=O)c(CNC[C@H]4CCC(=O)N4)cnc3c2)cccc1-c1cccc(-c2ccc3c(c2)C[C@H](NC(=O)C(N)CO)C3)c1Cl. The lowest BCUT2D eigenvalue weighted by molar-refractivity contribution is -0.123. The largest absolute Gasteiger partial charge is 0.394 e. The Balaban J connectivity index is 1.12. The van der Waals surface area contributed by atoms with E-state index in [4.69, 9.17) is 17.3 Å². The summed E-state index contributed by atoms with van der Waals surface area (Å²) >= 11 is 7.17. The maximum atomic E-state index is 13.3. The fourth-order valence-electron chi connectivity index (χ4n) is 7.10. The standard InChI is InChI=1S/C39H39ClN6O4/c1-22-30(25-12-13-46-35(17-25)43-19-27(39(46)50)18-42-20-28-10-11-36(48)44-28)4-2-5-31(22)33-7-3-6-32(37(33)40)24-9-8-23-15-29(16-26(23)14-24)45-38(49)34(41)21-47/h2-9,12-14,17,19,28-29,34,42,47H,10-11,15-16,18,20-21,41H2,1H3,(H,44,48)(H,45,49)/t28-,29-,34?/m1/s1. The minimum absolute atomic E-state index is 0.0684. The first kappa shape index (κ1) is 33.6. The van der Waals surface area contributed by atoms with E-state index in [1.807, 2.05) is 36.4 Å². The van der Waals surface area contributed by atoms with Gasteiger partial charge in [0.2, 0.25) is 11.8 Å². The molecule has 50 heavy (non-hydrogen) atoms. The fourth-order valence-corrected chi connectivity index (χ4v) is 7.43. The molecule has 3 aromatic carbocycles. The van der Waals surface area contributed by atoms with Crippen molar-refractivity contribution in [1.82, 2.24) is 25.3 Å². The predicted octanol–water partition coefficient (Wildman–Crippen LogP) is 3.93. The highest BCUT2D eigenvalue weighted by molar-refractivity contribution is 6.36. The second kappa shape index (κ2) is 14.2. The minimum atomic E-state index is -0.929. The van der Waals surface area contributed by atoms with E-state index in [1.54, 1.807) is 16.8 Å². The van der Waals surface area contributed by atoms with Crippen LogP contribution >= 0.6 is 11.6 Å². The first-order valence-corrected chi connectivity index (χ1v) is 17.3. The van der Waals surface area contributed by atoms with Crippen molar-refractivity contribution in [2.45, 2.75) is 57.3 Å². The van der Waals surface area contributed by atoms with Crippen LogP contribution in [-0.4, -0.2) is 57.6 Å². The lowest BCUT2D eigenvalue weighted by atomic mass is 9.91. The molecule has 1 fully saturated rings. The summed E-state index contributed by atoms with van der Waals surface area (Å²) in [6, 6.07) is 21.4. The van der Waals surface area contributed by atoms with Crippen molar-refractivity contribution >= 4 is 29.1 Å². The molecule has 3 heterocycles. The highest BCUT2D eigenvalue weighted by Crippen LogP contribution is 2.41. The van der Waals surface area contributed by atoms with Crippen LogP contribution in [0.1, 0.15) is 35.1 Å². The van der Waals surface area contributed by atoms with Gasteiger partial charge in [-0.2, -0.15) is 0 Å². The molecule has 5 aromatic rings. The monoisotopic (exact) mass is 690 g/mol. The molecule has 3 atom stereocenters. The van der Waals surface area contributed by atoms with Gasteiger partial charge in [0.15, 0.2) is 0 Å². The van der Waals surface area contributed by atoms with Gasteiger partial charge in [-0.3, -0.25) is 18.8 Å². The molecule has 2 aliphatic rings. The molecular weight excluding hydrogens is 652 g/mol. The van der Waals surface area contributed by atoms with Crippen LogP contribution in [0.3, 0.4) is 0 Å². The fraction of sp³-hybridized carbons (Fsp3) is 0.282. The summed E-state index contributed by atoms with van der Waals surface area (Å²) in [5.74, 6) is -0.280. The van der Waals surface area contributed by atoms with Gasteiger partial charge in [-0.05, 0) is 77.3 Å². The van der Waals surface area contributed by atoms with Gasteiger partial charge >= 0.3 is 0 Å². The molecule has 1 saturated heterocycles. The molecule has 2 amide bonds. The molecule has 0 saturated carbocycles. The lowest BCUT2D eigenvalue weighted by Gasteiger charge is -2.16. The number of aromatic nitrogens is 2. The quantitative estimate of drug-likeness (QED) is 0.149. The van der Waals surface area contributed by atoms with Gasteiger partial charge in [-0.1, -0.05) is 66.2 Å². The number of nitrogens with two attached hydrogens (primary N) is 1. The van der Waals surface area contributed by atoms with Gasteiger partial charge < -0.3 is 26.8 Å². The van der Waals surface area contributed by atoms with Crippen LogP contribution in [0.5, 0.6) is 0 Å². The Labute approximate surface area is 294 Å². The molecule has 1 aliphatic carbocycles. The number of hydrogen-bond donors (Lipinski definition) is 5. The molecule has 7 rings (SSSR count). The van der Waals surface area contributed by atoms with Gasteiger partial charge in [0.25, 0.3) is 5.56 Å². The number of aliphatic hydroxyl groups is 1. The van der Waals surface area contributed by atoms with Crippen LogP contribution in [0.25, 0.3) is 39.0 Å². The molecule has 2 aromatic heterocycles. The third-order valence-corrected chi connectivity index (χ3v) is 10.2. The van der Waals surface area contributed by atoms with E-state index >= 15 is 0 Å². The first-order chi connectivity index (χ1) is 24.2. The number of carbonyl (C=O) groups excluding carboxylic acids is 2. The molecule has 10 nitrogen and oxygen atoms in total. The number of rotatable bonds is 10. The molecule has 0 bridgehead atoms. The summed E-state index contributed by atoms with van der Waals surface area (Å²) in [7, 11) is 0. The zero-order chi connectivity index (χ0) is 34.9. The van der Waals surface area contributed by atoms with Gasteiger partial charge in [-0.15, -0.1) is 0 Å². The highest BCUT2D eigenvalue weighted by atomic mass is 35.5. The Hall–Kier alpha value is -4.87. The Bertz CT molecular complexity index is 2180. The summed E-state index contributed by atoms with van der Waals surface area (Å²) in [6.07, 6.45) is 6.12. The third kappa shape index (κ3) is 6.67. The summed E-state index contributed by atoms with van der Waals surface area (Å²) in [6.45, 7) is 2.66. The van der Waals surface area contributed by atoms with E-state index in [0.29, 0.717) is 48.6 Å². The van der Waals surface area contributed by atoms with Crippen LogP contribution in [0.2, 0.25) is 5.02 Å². The number of pyridine rings is 1. The van der Waals surface area contributed by atoms with Crippen LogP contribution < -0.4 is 27.2 Å². The van der Waals surface area contributed by atoms with E-state index in [2.05, 4.69) is 58.2 Å². The van der Waals surface area contributed by atoms with Crippen molar-refractivity contribution in [2.24, 2.45) is 5.73 Å². The zero-order valence-electron chi connectivity index (χ0n) is 27.7. The summed E-state index contributed by atoms with van der Waals surface area (Å²) < 4.78 is 1.56. The van der Waals surface area contributed by atoms with E-state index in [-0.39, 0.29) is 29.5 Å². The van der Waals surface area contributed by atoms with Crippen molar-refractivity contribution in [2.75, 3.05) is 13.2 Å². The first-order valence-electron chi connectivity index (χ1n) is 16.9. The molecule has 256 valence electrons. The molecule has 6 N–H and O–H groups in total. The van der Waals surface area contributed by atoms with Gasteiger partial charge in [-0.25, -0.2) is 4.98 Å². The average Bonchev–Trinajstić information content (AvgIpc) is 3.73. The number of benzene rings is 3. The Morgan fingerprint density at radius 3 is 2.54 bits per heavy atom. The molecule has 1 unspecified atom stereocenters. The molecule has 0 radical (unpaired) electrons. The van der Waals surface area contributed by atoms with Crippen molar-refractivity contribution in [3.8, 4) is 33.4 Å². The number of fused-ring (bicyclic) bond motifs is 2. The summed E-state index contributed by atoms with van der Waals surface area (Å²) in [4.78, 5) is 41.6. The van der Waals surface area contributed by atoms with E-state index in [1.165, 1.54) is 5.56 Å². The van der Waals surface area contributed by atoms with E-state index < -0.39 is 12.6 Å². The van der Waals surface area contributed by atoms with E-state index in [0.717, 1.165) is 50.9 Å². The van der Waals surface area contributed by atoms with Gasteiger partial charge in [0.1, 0.15) is 11.7 Å². The number of halogens is 1. The van der Waals surface area contributed by atoms with Crippen LogP contribution in [0.15, 0.2) is 83.9 Å². The molecule has 1 aliphatic heterocycles. The second-order valence-electron chi connectivity index (χ2n) is 13.2. The highest BCUT2D eigenvalue weighted by Gasteiger charge is 2.26. The smallest absolute Gasteiger partial charge is 0.262 e. The maximum Gasteiger partial charge on any atom is 0.262 e. The van der Waals surface area contributed by atoms with Crippen LogP contribution in [0, 0.1) is 6.92 Å². The maximum absolute atomic E-state index is 13.3. The Morgan fingerprint density at radius 1 is 1.02 bits per heavy atom.